The first-order valence-electron chi connectivity index (χ1n) is 8.90. The van der Waals surface area contributed by atoms with Crippen LogP contribution in [0.5, 0.6) is 0 Å². The Morgan fingerprint density at radius 2 is 1.69 bits per heavy atom. The molecule has 1 aromatic heterocycles. The molecule has 0 bridgehead atoms. The van der Waals surface area contributed by atoms with Crippen molar-refractivity contribution in [2.24, 2.45) is 0 Å². The van der Waals surface area contributed by atoms with Crippen LogP contribution in [0, 0.1) is 6.92 Å². The Hall–Kier alpha value is -2.53. The number of halogens is 3. The van der Waals surface area contributed by atoms with Gasteiger partial charge in [0, 0.05) is 32.7 Å². The largest absolute Gasteiger partial charge is 0.342 e. The summed E-state index contributed by atoms with van der Waals surface area (Å²) in [5.41, 5.74) is 4.36. The highest BCUT2D eigenvalue weighted by atomic mass is 35.5. The van der Waals surface area contributed by atoms with Gasteiger partial charge in [-0.2, -0.15) is 0 Å². The van der Waals surface area contributed by atoms with Crippen LogP contribution < -0.4 is 5.32 Å². The Labute approximate surface area is 182 Å². The fourth-order valence-corrected chi connectivity index (χ4v) is 3.80. The lowest BCUT2D eigenvalue weighted by atomic mass is 10.1. The van der Waals surface area contributed by atoms with Gasteiger partial charge in [0.25, 0.3) is 5.91 Å². The van der Waals surface area contributed by atoms with Crippen LogP contribution in [0.15, 0.2) is 54.6 Å². The molecule has 1 amide bonds. The van der Waals surface area contributed by atoms with Gasteiger partial charge in [0.05, 0.1) is 11.0 Å². The summed E-state index contributed by atoms with van der Waals surface area (Å²) in [4.78, 5) is 20.5. The highest BCUT2D eigenvalue weighted by molar-refractivity contribution is 6.36. The second kappa shape index (κ2) is 8.07. The van der Waals surface area contributed by atoms with Crippen LogP contribution in [0.25, 0.3) is 11.0 Å². The molecule has 0 atom stereocenters. The number of hydrogen-bond donors (Lipinski definition) is 2. The zero-order valence-corrected chi connectivity index (χ0v) is 17.7. The number of nitrogens with zero attached hydrogens (tertiary/aromatic N) is 1. The second-order valence-electron chi connectivity index (χ2n) is 6.66. The first kappa shape index (κ1) is 19.8. The molecule has 7 heteroatoms. The molecule has 0 unspecified atom stereocenters. The molecule has 2 N–H and O–H groups in total. The van der Waals surface area contributed by atoms with E-state index in [1.165, 1.54) is 0 Å². The van der Waals surface area contributed by atoms with Crippen LogP contribution >= 0.6 is 34.8 Å². The number of amides is 1. The summed E-state index contributed by atoms with van der Waals surface area (Å²) in [5.74, 6) is 0.501. The van der Waals surface area contributed by atoms with Gasteiger partial charge < -0.3 is 10.3 Å². The van der Waals surface area contributed by atoms with Crippen LogP contribution in [0.3, 0.4) is 0 Å². The molecule has 0 aliphatic heterocycles. The number of benzene rings is 3. The number of H-pyrrole nitrogens is 1. The molecule has 3 aromatic carbocycles. The Morgan fingerprint density at radius 3 is 2.45 bits per heavy atom. The van der Waals surface area contributed by atoms with E-state index in [0.29, 0.717) is 32.7 Å². The molecule has 0 spiro atoms. The van der Waals surface area contributed by atoms with E-state index in [1.54, 1.807) is 42.5 Å². The molecule has 4 rings (SSSR count). The van der Waals surface area contributed by atoms with Crippen molar-refractivity contribution in [1.82, 2.24) is 9.97 Å². The van der Waals surface area contributed by atoms with E-state index in [2.05, 4.69) is 15.3 Å². The lowest BCUT2D eigenvalue weighted by molar-refractivity contribution is 0.102. The first-order valence-corrected chi connectivity index (χ1v) is 10.0. The topological polar surface area (TPSA) is 57.8 Å². The molecule has 29 heavy (non-hydrogen) atoms. The number of nitrogens with one attached hydrogen (secondary N) is 2. The molecule has 0 saturated carbocycles. The maximum Gasteiger partial charge on any atom is 0.255 e. The third-order valence-corrected chi connectivity index (χ3v) is 5.83. The summed E-state index contributed by atoms with van der Waals surface area (Å²) in [6, 6.07) is 16.1. The molecule has 1 heterocycles. The van der Waals surface area contributed by atoms with E-state index >= 15 is 0 Å². The van der Waals surface area contributed by atoms with Crippen molar-refractivity contribution in [2.45, 2.75) is 13.3 Å². The number of carbonyl (C=O) groups excluding carboxylic acids is 1. The average molecular weight is 445 g/mol. The predicted molar refractivity (Wildman–Crippen MR) is 120 cm³/mol. The van der Waals surface area contributed by atoms with Crippen molar-refractivity contribution < 1.29 is 4.79 Å². The van der Waals surface area contributed by atoms with E-state index in [9.17, 15) is 4.79 Å². The Morgan fingerprint density at radius 1 is 1.00 bits per heavy atom. The molecule has 146 valence electrons. The molecular formula is C22H16Cl3N3O. The third-order valence-electron chi connectivity index (χ3n) is 4.71. The maximum atomic E-state index is 12.7. The Bertz CT molecular complexity index is 1210. The highest BCUT2D eigenvalue weighted by Crippen LogP contribution is 2.27. The minimum atomic E-state index is -0.220. The molecule has 4 aromatic rings. The zero-order chi connectivity index (χ0) is 20.5. The maximum absolute atomic E-state index is 12.7. The van der Waals surface area contributed by atoms with Crippen molar-refractivity contribution in [3.05, 3.63) is 92.2 Å². The van der Waals surface area contributed by atoms with Gasteiger partial charge in [0.1, 0.15) is 5.82 Å². The van der Waals surface area contributed by atoms with Crippen LogP contribution in [0.2, 0.25) is 15.1 Å². The minimum absolute atomic E-state index is 0.220. The van der Waals surface area contributed by atoms with E-state index in [0.717, 1.165) is 28.0 Å². The Kier molecular flexibility index (Phi) is 5.50. The summed E-state index contributed by atoms with van der Waals surface area (Å²) in [6.45, 7) is 1.86. The number of carbonyl (C=O) groups is 1. The van der Waals surface area contributed by atoms with Crippen molar-refractivity contribution in [1.29, 1.82) is 0 Å². The van der Waals surface area contributed by atoms with E-state index in [4.69, 9.17) is 34.8 Å². The monoisotopic (exact) mass is 443 g/mol. The van der Waals surface area contributed by atoms with Crippen LogP contribution in [0.1, 0.15) is 27.3 Å². The molecule has 0 aliphatic rings. The predicted octanol–water partition coefficient (Wildman–Crippen LogP) is 6.67. The van der Waals surface area contributed by atoms with Gasteiger partial charge in [-0.05, 0) is 60.5 Å². The Balaban J connectivity index is 1.60. The first-order chi connectivity index (χ1) is 13.9. The molecule has 0 saturated heterocycles. The average Bonchev–Trinajstić information content (AvgIpc) is 3.10. The smallest absolute Gasteiger partial charge is 0.255 e. The number of hydrogen-bond acceptors (Lipinski definition) is 2. The third kappa shape index (κ3) is 4.10. The minimum Gasteiger partial charge on any atom is -0.342 e. The van der Waals surface area contributed by atoms with Gasteiger partial charge in [-0.25, -0.2) is 4.98 Å². The molecule has 0 radical (unpaired) electrons. The standard InChI is InChI=1S/C22H16Cl3N3O/c1-12-15(23)4-3-7-18(12)28-22(29)13-8-9-19-20(10-13)27-21(26-19)11-14-16(24)5-2-6-17(14)25/h2-10H,11H2,1H3,(H,26,27)(H,28,29). The second-order valence-corrected chi connectivity index (χ2v) is 7.88. The number of aromatic nitrogens is 2. The molecule has 0 fully saturated rings. The summed E-state index contributed by atoms with van der Waals surface area (Å²) in [7, 11) is 0. The lowest BCUT2D eigenvalue weighted by Crippen LogP contribution is -2.12. The van der Waals surface area contributed by atoms with Gasteiger partial charge in [0.15, 0.2) is 0 Å². The van der Waals surface area contributed by atoms with E-state index in [-0.39, 0.29) is 5.91 Å². The van der Waals surface area contributed by atoms with Gasteiger partial charge in [-0.15, -0.1) is 0 Å². The fourth-order valence-electron chi connectivity index (χ4n) is 3.09. The molecule has 4 nitrogen and oxygen atoms in total. The van der Waals surface area contributed by atoms with Crippen molar-refractivity contribution in [2.75, 3.05) is 5.32 Å². The van der Waals surface area contributed by atoms with E-state index < -0.39 is 0 Å². The summed E-state index contributed by atoms with van der Waals surface area (Å²) in [5, 5.41) is 4.69. The van der Waals surface area contributed by atoms with Gasteiger partial charge in [0.2, 0.25) is 0 Å². The number of imidazole rings is 1. The fraction of sp³-hybridized carbons (Fsp3) is 0.0909. The van der Waals surface area contributed by atoms with Crippen LogP contribution in [-0.2, 0) is 6.42 Å². The lowest BCUT2D eigenvalue weighted by Gasteiger charge is -2.09. The number of rotatable bonds is 4. The van der Waals surface area contributed by atoms with Gasteiger partial charge in [-0.1, -0.05) is 46.9 Å². The molecule has 0 aliphatic carbocycles. The van der Waals surface area contributed by atoms with Crippen LogP contribution in [0.4, 0.5) is 5.69 Å². The molecular weight excluding hydrogens is 429 g/mol. The number of aromatic amines is 1. The normalized spacial score (nSPS) is 11.0. The van der Waals surface area contributed by atoms with Gasteiger partial charge in [-0.3, -0.25) is 4.79 Å². The number of anilines is 1. The van der Waals surface area contributed by atoms with Crippen molar-refractivity contribution in [3.63, 3.8) is 0 Å². The zero-order valence-electron chi connectivity index (χ0n) is 15.4. The van der Waals surface area contributed by atoms with Crippen molar-refractivity contribution in [3.8, 4) is 0 Å². The summed E-state index contributed by atoms with van der Waals surface area (Å²) < 4.78 is 0. The summed E-state index contributed by atoms with van der Waals surface area (Å²) >= 11 is 18.6. The quantitative estimate of drug-likeness (QED) is 0.369. The highest BCUT2D eigenvalue weighted by Gasteiger charge is 2.13. The van der Waals surface area contributed by atoms with Gasteiger partial charge >= 0.3 is 0 Å². The van der Waals surface area contributed by atoms with E-state index in [1.807, 2.05) is 19.1 Å². The van der Waals surface area contributed by atoms with Crippen LogP contribution in [-0.4, -0.2) is 15.9 Å². The van der Waals surface area contributed by atoms with Crippen molar-refractivity contribution >= 4 is 57.4 Å². The number of fused-ring (bicyclic) bond motifs is 1. The summed E-state index contributed by atoms with van der Waals surface area (Å²) in [6.07, 6.45) is 0.469. The SMILES string of the molecule is Cc1c(Cl)cccc1NC(=O)c1ccc2nc(Cc3c(Cl)cccc3Cl)[nH]c2c1.